The monoisotopic (exact) mass is 203 g/mol. The Kier molecular flexibility index (Phi) is 2.64. The van der Waals surface area contributed by atoms with E-state index < -0.39 is 0 Å². The largest absolute Gasteiger partial charge is 0.256 e. The number of nitrogens with zero attached hydrogens (tertiary/aromatic N) is 1. The minimum absolute atomic E-state index is 0.555. The van der Waals surface area contributed by atoms with E-state index in [1.165, 1.54) is 11.1 Å². The zero-order chi connectivity index (χ0) is 9.97. The minimum Gasteiger partial charge on any atom is -0.256 e. The van der Waals surface area contributed by atoms with Crippen molar-refractivity contribution in [3.8, 4) is 11.3 Å². The zero-order valence-electron chi connectivity index (χ0n) is 8.40. The number of hydrogen-bond acceptors (Lipinski definition) is 2. The van der Waals surface area contributed by atoms with Crippen LogP contribution in [0.2, 0.25) is 0 Å². The summed E-state index contributed by atoms with van der Waals surface area (Å²) < 4.78 is 0. The van der Waals surface area contributed by atoms with Crippen molar-refractivity contribution in [3.05, 3.63) is 40.7 Å². The first-order valence-electron chi connectivity index (χ1n) is 4.76. The van der Waals surface area contributed by atoms with Crippen molar-refractivity contribution in [2.75, 3.05) is 0 Å². The summed E-state index contributed by atoms with van der Waals surface area (Å²) in [6.45, 7) is 4.36. The van der Waals surface area contributed by atoms with Crippen LogP contribution in [0.5, 0.6) is 0 Å². The van der Waals surface area contributed by atoms with Crippen LogP contribution < -0.4 is 0 Å². The Morgan fingerprint density at radius 2 is 2.07 bits per heavy atom. The first-order chi connectivity index (χ1) is 6.77. The summed E-state index contributed by atoms with van der Waals surface area (Å²) in [6.07, 6.45) is 1.97. The number of rotatable bonds is 2. The van der Waals surface area contributed by atoms with Crippen molar-refractivity contribution in [2.45, 2.75) is 19.8 Å². The Morgan fingerprint density at radius 1 is 1.21 bits per heavy atom. The lowest BCUT2D eigenvalue weighted by Gasteiger charge is -2.04. The van der Waals surface area contributed by atoms with Gasteiger partial charge in [-0.1, -0.05) is 19.9 Å². The predicted molar refractivity (Wildman–Crippen MR) is 61.6 cm³/mol. The van der Waals surface area contributed by atoms with Crippen LogP contribution in [0.25, 0.3) is 11.3 Å². The average molecular weight is 203 g/mol. The van der Waals surface area contributed by atoms with E-state index in [0.29, 0.717) is 5.92 Å². The standard InChI is InChI=1S/C12H13NS/c1-9(2)10-3-4-12(13-7-10)11-5-6-14-8-11/h3-9H,1-2H3. The highest BCUT2D eigenvalue weighted by Gasteiger charge is 2.01. The van der Waals surface area contributed by atoms with Crippen molar-refractivity contribution < 1.29 is 0 Å². The molecule has 0 radical (unpaired) electrons. The maximum Gasteiger partial charge on any atom is 0.0710 e. The van der Waals surface area contributed by atoms with Crippen LogP contribution in [0.3, 0.4) is 0 Å². The first-order valence-corrected chi connectivity index (χ1v) is 5.70. The van der Waals surface area contributed by atoms with Crippen LogP contribution in [0.15, 0.2) is 35.2 Å². The first kappa shape index (κ1) is 9.41. The molecule has 2 rings (SSSR count). The lowest BCUT2D eigenvalue weighted by Crippen LogP contribution is -1.89. The van der Waals surface area contributed by atoms with E-state index in [1.54, 1.807) is 11.3 Å². The van der Waals surface area contributed by atoms with E-state index in [4.69, 9.17) is 0 Å². The predicted octanol–water partition coefficient (Wildman–Crippen LogP) is 3.93. The summed E-state index contributed by atoms with van der Waals surface area (Å²) in [5.74, 6) is 0.555. The van der Waals surface area contributed by atoms with E-state index in [1.807, 2.05) is 6.20 Å². The maximum absolute atomic E-state index is 4.45. The van der Waals surface area contributed by atoms with Crippen molar-refractivity contribution in [2.24, 2.45) is 0 Å². The summed E-state index contributed by atoms with van der Waals surface area (Å²) in [6, 6.07) is 6.35. The SMILES string of the molecule is CC(C)c1ccc(-c2ccsc2)nc1. The summed E-state index contributed by atoms with van der Waals surface area (Å²) in [5, 5.41) is 4.20. The van der Waals surface area contributed by atoms with Crippen LogP contribution in [0, 0.1) is 0 Å². The molecule has 1 nitrogen and oxygen atoms in total. The molecule has 0 bridgehead atoms. The Labute approximate surface area is 88.4 Å². The topological polar surface area (TPSA) is 12.9 Å². The van der Waals surface area contributed by atoms with Crippen molar-refractivity contribution in [1.29, 1.82) is 0 Å². The van der Waals surface area contributed by atoms with Gasteiger partial charge in [-0.15, -0.1) is 0 Å². The van der Waals surface area contributed by atoms with Crippen LogP contribution in [-0.2, 0) is 0 Å². The van der Waals surface area contributed by atoms with Gasteiger partial charge < -0.3 is 0 Å². The molecule has 72 valence electrons. The molecule has 0 aliphatic carbocycles. The maximum atomic E-state index is 4.45. The highest BCUT2D eigenvalue weighted by molar-refractivity contribution is 7.08. The molecular formula is C12H13NS. The highest BCUT2D eigenvalue weighted by Crippen LogP contribution is 2.21. The molecule has 0 atom stereocenters. The van der Waals surface area contributed by atoms with E-state index in [-0.39, 0.29) is 0 Å². The fourth-order valence-electron chi connectivity index (χ4n) is 1.33. The highest BCUT2D eigenvalue weighted by atomic mass is 32.1. The summed E-state index contributed by atoms with van der Waals surface area (Å²) in [4.78, 5) is 4.45. The molecule has 0 aromatic carbocycles. The second kappa shape index (κ2) is 3.93. The molecule has 14 heavy (non-hydrogen) atoms. The second-order valence-electron chi connectivity index (χ2n) is 3.64. The van der Waals surface area contributed by atoms with Crippen LogP contribution in [-0.4, -0.2) is 4.98 Å². The Bertz CT molecular complexity index is 387. The van der Waals surface area contributed by atoms with Crippen LogP contribution in [0.1, 0.15) is 25.3 Å². The van der Waals surface area contributed by atoms with Crippen LogP contribution in [0.4, 0.5) is 0 Å². The van der Waals surface area contributed by atoms with Gasteiger partial charge in [-0.2, -0.15) is 11.3 Å². The number of thiophene rings is 1. The normalized spacial score (nSPS) is 10.8. The fourth-order valence-corrected chi connectivity index (χ4v) is 1.98. The molecular weight excluding hydrogens is 190 g/mol. The van der Waals surface area contributed by atoms with E-state index in [9.17, 15) is 0 Å². The molecule has 0 aliphatic rings. The molecule has 2 heteroatoms. The fraction of sp³-hybridized carbons (Fsp3) is 0.250. The molecule has 2 aromatic heterocycles. The zero-order valence-corrected chi connectivity index (χ0v) is 9.21. The second-order valence-corrected chi connectivity index (χ2v) is 4.42. The molecule has 2 heterocycles. The van der Waals surface area contributed by atoms with E-state index in [2.05, 4.69) is 47.8 Å². The number of hydrogen-bond donors (Lipinski definition) is 0. The van der Waals surface area contributed by atoms with Crippen molar-refractivity contribution >= 4 is 11.3 Å². The summed E-state index contributed by atoms with van der Waals surface area (Å²) in [5.41, 5.74) is 3.57. The van der Waals surface area contributed by atoms with Gasteiger partial charge in [-0.05, 0) is 29.0 Å². The molecule has 0 amide bonds. The Balaban J connectivity index is 2.31. The van der Waals surface area contributed by atoms with Gasteiger partial charge in [0.2, 0.25) is 0 Å². The Morgan fingerprint density at radius 3 is 2.57 bits per heavy atom. The van der Waals surface area contributed by atoms with E-state index in [0.717, 1.165) is 5.69 Å². The molecule has 0 aliphatic heterocycles. The van der Waals surface area contributed by atoms with E-state index >= 15 is 0 Å². The lowest BCUT2D eigenvalue weighted by molar-refractivity contribution is 0.859. The van der Waals surface area contributed by atoms with Gasteiger partial charge in [0, 0.05) is 17.1 Å². The van der Waals surface area contributed by atoms with Gasteiger partial charge in [0.25, 0.3) is 0 Å². The van der Waals surface area contributed by atoms with Gasteiger partial charge in [-0.3, -0.25) is 4.98 Å². The van der Waals surface area contributed by atoms with Gasteiger partial charge in [-0.25, -0.2) is 0 Å². The third-order valence-electron chi connectivity index (χ3n) is 2.27. The number of aromatic nitrogens is 1. The minimum atomic E-state index is 0.555. The molecule has 0 spiro atoms. The van der Waals surface area contributed by atoms with Gasteiger partial charge in [0.15, 0.2) is 0 Å². The molecule has 0 unspecified atom stereocenters. The molecule has 0 fully saturated rings. The Hall–Kier alpha value is -1.15. The lowest BCUT2D eigenvalue weighted by atomic mass is 10.1. The molecule has 0 N–H and O–H groups in total. The third kappa shape index (κ3) is 1.85. The van der Waals surface area contributed by atoms with Crippen LogP contribution >= 0.6 is 11.3 Å². The smallest absolute Gasteiger partial charge is 0.0710 e. The quantitative estimate of drug-likeness (QED) is 0.720. The molecule has 2 aromatic rings. The third-order valence-corrected chi connectivity index (χ3v) is 2.95. The molecule has 0 saturated carbocycles. The summed E-state index contributed by atoms with van der Waals surface area (Å²) in [7, 11) is 0. The summed E-state index contributed by atoms with van der Waals surface area (Å²) >= 11 is 1.70. The van der Waals surface area contributed by atoms with Crippen molar-refractivity contribution in [3.63, 3.8) is 0 Å². The van der Waals surface area contributed by atoms with Gasteiger partial charge >= 0.3 is 0 Å². The molecule has 0 saturated heterocycles. The number of pyridine rings is 1. The van der Waals surface area contributed by atoms with Crippen molar-refractivity contribution in [1.82, 2.24) is 4.98 Å². The van der Waals surface area contributed by atoms with Gasteiger partial charge in [0.1, 0.15) is 0 Å². The average Bonchev–Trinajstić information content (AvgIpc) is 2.71. The van der Waals surface area contributed by atoms with Gasteiger partial charge in [0.05, 0.1) is 5.69 Å².